The van der Waals surface area contributed by atoms with E-state index in [1.54, 1.807) is 37.4 Å². The zero-order valence-corrected chi connectivity index (χ0v) is 17.3. The summed E-state index contributed by atoms with van der Waals surface area (Å²) in [6.45, 7) is 2.00. The molecule has 3 rings (SSSR count). The van der Waals surface area contributed by atoms with Crippen molar-refractivity contribution in [1.29, 1.82) is 0 Å². The third-order valence-electron chi connectivity index (χ3n) is 4.04. The van der Waals surface area contributed by atoms with Crippen LogP contribution in [0.15, 0.2) is 58.9 Å². The van der Waals surface area contributed by atoms with E-state index in [-0.39, 0.29) is 17.9 Å². The number of ether oxygens (including phenoxy) is 1. The number of hydrogen-bond donors (Lipinski definition) is 2. The first-order valence-electron chi connectivity index (χ1n) is 8.83. The maximum atomic E-state index is 12.8. The van der Waals surface area contributed by atoms with E-state index in [1.807, 2.05) is 11.4 Å². The molecule has 3 aromatic rings. The Morgan fingerprint density at radius 3 is 2.76 bits per heavy atom. The molecule has 9 heteroatoms. The summed E-state index contributed by atoms with van der Waals surface area (Å²) in [5, 5.41) is 11.3. The summed E-state index contributed by atoms with van der Waals surface area (Å²) in [5.74, 6) is -0.350. The van der Waals surface area contributed by atoms with E-state index in [1.165, 1.54) is 23.5 Å². The van der Waals surface area contributed by atoms with Crippen molar-refractivity contribution in [2.75, 3.05) is 11.3 Å². The van der Waals surface area contributed by atoms with Crippen LogP contribution in [0.4, 0.5) is 5.69 Å². The Kier molecular flexibility index (Phi) is 6.50. The van der Waals surface area contributed by atoms with E-state index in [2.05, 4.69) is 9.71 Å². The summed E-state index contributed by atoms with van der Waals surface area (Å²) in [7, 11) is -3.77. The van der Waals surface area contributed by atoms with E-state index in [9.17, 15) is 13.2 Å². The van der Waals surface area contributed by atoms with Gasteiger partial charge in [0.2, 0.25) is 0 Å². The van der Waals surface area contributed by atoms with Gasteiger partial charge >= 0.3 is 5.97 Å². The standard InChI is InChI=1S/C20H20N2O5S2/c1-14-12-17(7-8-18(14)27-10-3-6-19(23)24)29(25,26)22-16-5-2-4-15(13-16)20-21-9-11-28-20/h2,4-5,7-9,11-13,22H,3,6,10H2,1H3,(H,23,24). The van der Waals surface area contributed by atoms with Crippen molar-refractivity contribution in [1.82, 2.24) is 4.98 Å². The molecular weight excluding hydrogens is 412 g/mol. The van der Waals surface area contributed by atoms with E-state index < -0.39 is 16.0 Å². The second-order valence-corrected chi connectivity index (χ2v) is 8.87. The van der Waals surface area contributed by atoms with Gasteiger partial charge < -0.3 is 9.84 Å². The zero-order valence-electron chi connectivity index (χ0n) is 15.7. The lowest BCUT2D eigenvalue weighted by Crippen LogP contribution is -2.13. The topological polar surface area (TPSA) is 106 Å². The van der Waals surface area contributed by atoms with Gasteiger partial charge in [0.1, 0.15) is 10.8 Å². The zero-order chi connectivity index (χ0) is 20.9. The number of nitrogens with zero attached hydrogens (tertiary/aromatic N) is 1. The Balaban J connectivity index is 1.72. The number of thiazole rings is 1. The number of rotatable bonds is 9. The van der Waals surface area contributed by atoms with Crippen molar-refractivity contribution in [3.05, 3.63) is 59.6 Å². The molecule has 0 aliphatic carbocycles. The van der Waals surface area contributed by atoms with Crippen LogP contribution in [0.2, 0.25) is 0 Å². The van der Waals surface area contributed by atoms with Crippen molar-refractivity contribution in [2.45, 2.75) is 24.7 Å². The molecule has 0 bridgehead atoms. The van der Waals surface area contributed by atoms with Gasteiger partial charge in [-0.2, -0.15) is 0 Å². The smallest absolute Gasteiger partial charge is 0.303 e. The number of hydrogen-bond acceptors (Lipinski definition) is 6. The highest BCUT2D eigenvalue weighted by Gasteiger charge is 2.16. The van der Waals surface area contributed by atoms with E-state index in [4.69, 9.17) is 9.84 Å². The summed E-state index contributed by atoms with van der Waals surface area (Å²) < 4.78 is 33.7. The summed E-state index contributed by atoms with van der Waals surface area (Å²) in [6.07, 6.45) is 2.10. The first-order valence-corrected chi connectivity index (χ1v) is 11.2. The maximum absolute atomic E-state index is 12.8. The van der Waals surface area contributed by atoms with Crippen LogP contribution in [0, 0.1) is 6.92 Å². The van der Waals surface area contributed by atoms with Gasteiger partial charge in [-0.1, -0.05) is 12.1 Å². The van der Waals surface area contributed by atoms with Crippen LogP contribution in [0.3, 0.4) is 0 Å². The molecule has 152 valence electrons. The Labute approximate surface area is 173 Å². The molecule has 0 aliphatic rings. The largest absolute Gasteiger partial charge is 0.493 e. The molecule has 7 nitrogen and oxygen atoms in total. The molecule has 1 heterocycles. The normalized spacial score (nSPS) is 11.2. The summed E-state index contributed by atoms with van der Waals surface area (Å²) in [6, 6.07) is 11.6. The third-order valence-corrected chi connectivity index (χ3v) is 6.24. The van der Waals surface area contributed by atoms with Crippen LogP contribution in [-0.4, -0.2) is 31.1 Å². The number of benzene rings is 2. The number of aliphatic carboxylic acids is 1. The number of anilines is 1. The second-order valence-electron chi connectivity index (χ2n) is 6.30. The fourth-order valence-corrected chi connectivity index (χ4v) is 4.42. The number of aryl methyl sites for hydroxylation is 1. The monoisotopic (exact) mass is 432 g/mol. The molecule has 0 fully saturated rings. The minimum Gasteiger partial charge on any atom is -0.493 e. The van der Waals surface area contributed by atoms with Crippen LogP contribution >= 0.6 is 11.3 Å². The van der Waals surface area contributed by atoms with Gasteiger partial charge in [0.25, 0.3) is 10.0 Å². The number of carboxylic acids is 1. The lowest BCUT2D eigenvalue weighted by molar-refractivity contribution is -0.137. The van der Waals surface area contributed by atoms with E-state index in [0.29, 0.717) is 23.4 Å². The molecule has 0 amide bonds. The van der Waals surface area contributed by atoms with Crippen molar-refractivity contribution < 1.29 is 23.1 Å². The average molecular weight is 433 g/mol. The molecule has 0 atom stereocenters. The predicted molar refractivity (Wildman–Crippen MR) is 112 cm³/mol. The molecule has 0 saturated carbocycles. The van der Waals surface area contributed by atoms with Gasteiger partial charge in [0.15, 0.2) is 0 Å². The highest BCUT2D eigenvalue weighted by molar-refractivity contribution is 7.92. The van der Waals surface area contributed by atoms with E-state index >= 15 is 0 Å². The van der Waals surface area contributed by atoms with Crippen molar-refractivity contribution in [3.8, 4) is 16.3 Å². The molecular formula is C20H20N2O5S2. The number of carbonyl (C=O) groups is 1. The lowest BCUT2D eigenvalue weighted by Gasteiger charge is -2.12. The molecule has 0 radical (unpaired) electrons. The first-order chi connectivity index (χ1) is 13.8. The molecule has 0 unspecified atom stereocenters. The minimum absolute atomic E-state index is 0.0233. The number of carboxylic acid groups (broad SMARTS) is 1. The lowest BCUT2D eigenvalue weighted by atomic mass is 10.2. The second kappa shape index (κ2) is 9.06. The fraction of sp³-hybridized carbons (Fsp3) is 0.200. The van der Waals surface area contributed by atoms with Gasteiger partial charge in [-0.3, -0.25) is 9.52 Å². The molecule has 29 heavy (non-hydrogen) atoms. The van der Waals surface area contributed by atoms with Crippen LogP contribution in [-0.2, 0) is 14.8 Å². The van der Waals surface area contributed by atoms with E-state index in [0.717, 1.165) is 10.6 Å². The quantitative estimate of drug-likeness (QED) is 0.492. The Hall–Kier alpha value is -2.91. The Bertz CT molecular complexity index is 1100. The number of sulfonamides is 1. The Morgan fingerprint density at radius 2 is 2.07 bits per heavy atom. The number of nitrogens with one attached hydrogen (secondary N) is 1. The van der Waals surface area contributed by atoms with Crippen LogP contribution in [0.5, 0.6) is 5.75 Å². The van der Waals surface area contributed by atoms with Gasteiger partial charge in [0, 0.05) is 29.2 Å². The number of aromatic nitrogens is 1. The minimum atomic E-state index is -3.77. The molecule has 2 aromatic carbocycles. The van der Waals surface area contributed by atoms with Gasteiger partial charge in [-0.25, -0.2) is 13.4 Å². The van der Waals surface area contributed by atoms with Crippen molar-refractivity contribution in [3.63, 3.8) is 0 Å². The van der Waals surface area contributed by atoms with Crippen LogP contribution in [0.1, 0.15) is 18.4 Å². The fourth-order valence-electron chi connectivity index (χ4n) is 2.65. The molecule has 0 aliphatic heterocycles. The SMILES string of the molecule is Cc1cc(S(=O)(=O)Nc2cccc(-c3nccs3)c2)ccc1OCCCC(=O)O. The van der Waals surface area contributed by atoms with Crippen LogP contribution < -0.4 is 9.46 Å². The van der Waals surface area contributed by atoms with Gasteiger partial charge in [0.05, 0.1) is 11.5 Å². The molecule has 1 aromatic heterocycles. The molecule has 0 spiro atoms. The maximum Gasteiger partial charge on any atom is 0.303 e. The van der Waals surface area contributed by atoms with Crippen LogP contribution in [0.25, 0.3) is 10.6 Å². The summed E-state index contributed by atoms with van der Waals surface area (Å²) in [5.41, 5.74) is 1.94. The van der Waals surface area contributed by atoms with Crippen molar-refractivity contribution in [2.24, 2.45) is 0 Å². The van der Waals surface area contributed by atoms with Crippen molar-refractivity contribution >= 4 is 33.0 Å². The third kappa shape index (κ3) is 5.55. The summed E-state index contributed by atoms with van der Waals surface area (Å²) >= 11 is 1.48. The average Bonchev–Trinajstić information content (AvgIpc) is 3.20. The highest BCUT2D eigenvalue weighted by atomic mass is 32.2. The van der Waals surface area contributed by atoms with Gasteiger partial charge in [-0.15, -0.1) is 11.3 Å². The highest BCUT2D eigenvalue weighted by Crippen LogP contribution is 2.27. The first kappa shape index (κ1) is 20.8. The molecule has 0 saturated heterocycles. The summed E-state index contributed by atoms with van der Waals surface area (Å²) in [4.78, 5) is 14.9. The molecule has 2 N–H and O–H groups in total. The predicted octanol–water partition coefficient (Wildman–Crippen LogP) is 4.16. The van der Waals surface area contributed by atoms with Gasteiger partial charge in [-0.05, 0) is 49.2 Å². The Morgan fingerprint density at radius 1 is 1.24 bits per heavy atom.